The highest BCUT2D eigenvalue weighted by atomic mass is 16.3. The molecule has 5 nitrogen and oxygen atoms in total. The molecule has 1 aliphatic rings. The molecule has 124 valence electrons. The van der Waals surface area contributed by atoms with Gasteiger partial charge in [0, 0.05) is 6.04 Å². The molecule has 0 aliphatic carbocycles. The second-order valence-electron chi connectivity index (χ2n) is 6.07. The number of nitrogens with zero attached hydrogens (tertiary/aromatic N) is 2. The van der Waals surface area contributed by atoms with E-state index in [0.29, 0.717) is 13.0 Å². The first kappa shape index (κ1) is 17.5. The lowest BCUT2D eigenvalue weighted by atomic mass is 9.98. The van der Waals surface area contributed by atoms with Gasteiger partial charge in [0.15, 0.2) is 0 Å². The van der Waals surface area contributed by atoms with E-state index in [9.17, 15) is 9.90 Å². The molecule has 2 N–H and O–H groups in total. The van der Waals surface area contributed by atoms with Crippen LogP contribution in [0.3, 0.4) is 0 Å². The summed E-state index contributed by atoms with van der Waals surface area (Å²) in [5.41, 5.74) is 0.922. The molecule has 0 bridgehead atoms. The number of aliphatic hydroxyl groups is 1. The van der Waals surface area contributed by atoms with Crippen molar-refractivity contribution in [3.63, 3.8) is 0 Å². The maximum atomic E-state index is 11.9. The van der Waals surface area contributed by atoms with Crippen molar-refractivity contribution in [1.29, 1.82) is 5.26 Å². The van der Waals surface area contributed by atoms with Gasteiger partial charge in [-0.3, -0.25) is 9.69 Å². The highest BCUT2D eigenvalue weighted by Crippen LogP contribution is 2.26. The standard InChI is InChI=1S/C18H25N3O2/c19-10-11-20-18(23)14-21-12-6-2-5-9-16(21)13-17(22)15-7-3-1-4-8-15/h1,3-4,7-8,16-17,22H,2,5-6,9,11-14H2,(H,20,23). The summed E-state index contributed by atoms with van der Waals surface area (Å²) in [6.07, 6.45) is 4.48. The van der Waals surface area contributed by atoms with Crippen molar-refractivity contribution in [3.8, 4) is 6.07 Å². The summed E-state index contributed by atoms with van der Waals surface area (Å²) in [7, 11) is 0. The Labute approximate surface area is 137 Å². The van der Waals surface area contributed by atoms with Crippen LogP contribution in [0.25, 0.3) is 0 Å². The second kappa shape index (κ2) is 9.29. The van der Waals surface area contributed by atoms with E-state index in [1.165, 1.54) is 0 Å². The monoisotopic (exact) mass is 315 g/mol. The minimum atomic E-state index is -0.510. The summed E-state index contributed by atoms with van der Waals surface area (Å²) in [6.45, 7) is 1.21. The van der Waals surface area contributed by atoms with Gasteiger partial charge in [0.05, 0.1) is 18.7 Å². The van der Waals surface area contributed by atoms with Gasteiger partial charge in [0.25, 0.3) is 0 Å². The Kier molecular flexibility index (Phi) is 7.05. The molecule has 2 unspecified atom stereocenters. The molecule has 0 aromatic heterocycles. The predicted molar refractivity (Wildman–Crippen MR) is 88.5 cm³/mol. The highest BCUT2D eigenvalue weighted by Gasteiger charge is 2.25. The molecule has 1 heterocycles. The van der Waals surface area contributed by atoms with Crippen molar-refractivity contribution in [2.24, 2.45) is 0 Å². The zero-order valence-corrected chi connectivity index (χ0v) is 13.4. The van der Waals surface area contributed by atoms with E-state index < -0.39 is 6.10 Å². The maximum absolute atomic E-state index is 11.9. The Morgan fingerprint density at radius 3 is 2.87 bits per heavy atom. The number of nitriles is 1. The fourth-order valence-corrected chi connectivity index (χ4v) is 3.16. The van der Waals surface area contributed by atoms with E-state index in [2.05, 4.69) is 10.2 Å². The van der Waals surface area contributed by atoms with Gasteiger partial charge in [-0.05, 0) is 31.4 Å². The summed E-state index contributed by atoms with van der Waals surface area (Å²) < 4.78 is 0. The predicted octanol–water partition coefficient (Wildman–Crippen LogP) is 1.99. The molecule has 1 saturated heterocycles. The first-order chi connectivity index (χ1) is 11.2. The SMILES string of the molecule is N#CCNC(=O)CN1CCCCCC1CC(O)c1ccccc1. The third kappa shape index (κ3) is 5.66. The Hall–Kier alpha value is -1.90. The van der Waals surface area contributed by atoms with Crippen LogP contribution in [0.4, 0.5) is 0 Å². The number of carbonyl (C=O) groups is 1. The van der Waals surface area contributed by atoms with Crippen LogP contribution in [0.1, 0.15) is 43.8 Å². The Bertz CT molecular complexity index is 527. The fourth-order valence-electron chi connectivity index (χ4n) is 3.16. The molecule has 0 spiro atoms. The molecule has 1 aliphatic heterocycles. The summed E-state index contributed by atoms with van der Waals surface area (Å²) >= 11 is 0. The Balaban J connectivity index is 1.97. The van der Waals surface area contributed by atoms with Crippen LogP contribution in [-0.4, -0.2) is 41.6 Å². The number of likely N-dealkylation sites (tertiary alicyclic amines) is 1. The van der Waals surface area contributed by atoms with Gasteiger partial charge in [-0.15, -0.1) is 0 Å². The maximum Gasteiger partial charge on any atom is 0.235 e. The van der Waals surface area contributed by atoms with Crippen LogP contribution in [0.15, 0.2) is 30.3 Å². The summed E-state index contributed by atoms with van der Waals surface area (Å²) in [6, 6.07) is 11.8. The summed E-state index contributed by atoms with van der Waals surface area (Å²) in [5, 5.41) is 21.6. The molecular formula is C18H25N3O2. The molecule has 5 heteroatoms. The number of aliphatic hydroxyl groups excluding tert-OH is 1. The third-order valence-corrected chi connectivity index (χ3v) is 4.39. The zero-order valence-electron chi connectivity index (χ0n) is 13.4. The molecule has 1 amide bonds. The summed E-state index contributed by atoms with van der Waals surface area (Å²) in [4.78, 5) is 14.1. The van der Waals surface area contributed by atoms with Crippen molar-refractivity contribution in [2.45, 2.75) is 44.2 Å². The summed E-state index contributed by atoms with van der Waals surface area (Å²) in [5.74, 6) is -0.118. The molecule has 1 aromatic carbocycles. The quantitative estimate of drug-likeness (QED) is 0.787. The smallest absolute Gasteiger partial charge is 0.235 e. The molecule has 0 radical (unpaired) electrons. The average molecular weight is 315 g/mol. The van der Waals surface area contributed by atoms with Crippen LogP contribution in [0.2, 0.25) is 0 Å². The van der Waals surface area contributed by atoms with E-state index in [0.717, 1.165) is 37.8 Å². The third-order valence-electron chi connectivity index (χ3n) is 4.39. The fraction of sp³-hybridized carbons (Fsp3) is 0.556. The topological polar surface area (TPSA) is 76.4 Å². The molecule has 2 atom stereocenters. The number of hydrogen-bond acceptors (Lipinski definition) is 4. The first-order valence-electron chi connectivity index (χ1n) is 8.31. The minimum absolute atomic E-state index is 0.0456. The highest BCUT2D eigenvalue weighted by molar-refractivity contribution is 5.78. The van der Waals surface area contributed by atoms with Crippen molar-refractivity contribution >= 4 is 5.91 Å². The number of rotatable bonds is 6. The van der Waals surface area contributed by atoms with Crippen molar-refractivity contribution in [1.82, 2.24) is 10.2 Å². The van der Waals surface area contributed by atoms with Crippen LogP contribution in [0.5, 0.6) is 0 Å². The van der Waals surface area contributed by atoms with Gasteiger partial charge in [0.1, 0.15) is 6.54 Å². The van der Waals surface area contributed by atoms with Crippen LogP contribution in [-0.2, 0) is 4.79 Å². The Morgan fingerprint density at radius 1 is 1.35 bits per heavy atom. The molecule has 0 saturated carbocycles. The van der Waals surface area contributed by atoms with Crippen LogP contribution in [0, 0.1) is 11.3 Å². The van der Waals surface area contributed by atoms with E-state index in [-0.39, 0.29) is 18.5 Å². The molecule has 1 fully saturated rings. The average Bonchev–Trinajstić information content (AvgIpc) is 2.79. The number of carbonyl (C=O) groups excluding carboxylic acids is 1. The molecular weight excluding hydrogens is 290 g/mol. The number of amides is 1. The van der Waals surface area contributed by atoms with E-state index in [1.807, 2.05) is 36.4 Å². The lowest BCUT2D eigenvalue weighted by molar-refractivity contribution is -0.122. The van der Waals surface area contributed by atoms with Crippen molar-refractivity contribution < 1.29 is 9.90 Å². The van der Waals surface area contributed by atoms with Crippen LogP contribution >= 0.6 is 0 Å². The van der Waals surface area contributed by atoms with Gasteiger partial charge in [-0.2, -0.15) is 5.26 Å². The van der Waals surface area contributed by atoms with E-state index >= 15 is 0 Å². The largest absolute Gasteiger partial charge is 0.388 e. The van der Waals surface area contributed by atoms with Gasteiger partial charge in [0.2, 0.25) is 5.91 Å². The van der Waals surface area contributed by atoms with Crippen LogP contribution < -0.4 is 5.32 Å². The van der Waals surface area contributed by atoms with Gasteiger partial charge < -0.3 is 10.4 Å². The zero-order chi connectivity index (χ0) is 16.5. The lowest BCUT2D eigenvalue weighted by Gasteiger charge is -2.31. The first-order valence-corrected chi connectivity index (χ1v) is 8.31. The molecule has 2 rings (SSSR count). The van der Waals surface area contributed by atoms with Crippen molar-refractivity contribution in [3.05, 3.63) is 35.9 Å². The van der Waals surface area contributed by atoms with Gasteiger partial charge >= 0.3 is 0 Å². The minimum Gasteiger partial charge on any atom is -0.388 e. The Morgan fingerprint density at radius 2 is 2.13 bits per heavy atom. The number of hydrogen-bond donors (Lipinski definition) is 2. The van der Waals surface area contributed by atoms with E-state index in [1.54, 1.807) is 0 Å². The normalized spacial score (nSPS) is 20.3. The number of benzene rings is 1. The molecule has 23 heavy (non-hydrogen) atoms. The van der Waals surface area contributed by atoms with Gasteiger partial charge in [-0.25, -0.2) is 0 Å². The number of nitrogens with one attached hydrogen (secondary N) is 1. The van der Waals surface area contributed by atoms with Crippen molar-refractivity contribution in [2.75, 3.05) is 19.6 Å². The lowest BCUT2D eigenvalue weighted by Crippen LogP contribution is -2.43. The second-order valence-corrected chi connectivity index (χ2v) is 6.07. The van der Waals surface area contributed by atoms with E-state index in [4.69, 9.17) is 5.26 Å². The molecule has 1 aromatic rings. The van der Waals surface area contributed by atoms with Gasteiger partial charge in [-0.1, -0.05) is 43.2 Å².